The van der Waals surface area contributed by atoms with Gasteiger partial charge in [-0.25, -0.2) is 4.39 Å². The van der Waals surface area contributed by atoms with E-state index in [9.17, 15) is 4.39 Å². The van der Waals surface area contributed by atoms with Gasteiger partial charge in [-0.2, -0.15) is 0 Å². The number of para-hydroxylation sites is 1. The van der Waals surface area contributed by atoms with Crippen molar-refractivity contribution in [2.45, 2.75) is 25.0 Å². The number of ether oxygens (including phenoxy) is 2. The Labute approximate surface area is 232 Å². The molecule has 0 radical (unpaired) electrons. The summed E-state index contributed by atoms with van der Waals surface area (Å²) < 4.78 is 24.6. The van der Waals surface area contributed by atoms with E-state index in [0.29, 0.717) is 28.4 Å². The van der Waals surface area contributed by atoms with Crippen LogP contribution in [0.1, 0.15) is 40.6 Å². The molecule has 1 aliphatic carbocycles. The Morgan fingerprint density at radius 1 is 1.03 bits per heavy atom. The molecule has 0 aromatic heterocycles. The third-order valence-corrected chi connectivity index (χ3v) is 7.72. The lowest BCUT2D eigenvalue weighted by Gasteiger charge is -2.37. The average Bonchev–Trinajstić information content (AvgIpc) is 3.46. The zero-order chi connectivity index (χ0) is 26.8. The fourth-order valence-electron chi connectivity index (χ4n) is 5.48. The lowest BCUT2D eigenvalue weighted by atomic mass is 9.77. The fraction of sp³-hybridized carbons (Fsp3) is 0.182. The topological polar surface area (TPSA) is 42.8 Å². The molecule has 196 valence electrons. The van der Waals surface area contributed by atoms with Crippen LogP contribution in [0.25, 0.3) is 0 Å². The summed E-state index contributed by atoms with van der Waals surface area (Å²) in [6, 6.07) is 27.0. The minimum Gasteiger partial charge on any atom is -0.493 e. The van der Waals surface area contributed by atoms with Crippen molar-refractivity contribution in [3.63, 3.8) is 0 Å². The van der Waals surface area contributed by atoms with Crippen molar-refractivity contribution in [1.29, 1.82) is 0 Å². The monoisotopic (exact) mass is 538 g/mol. The summed E-state index contributed by atoms with van der Waals surface area (Å²) in [5, 5.41) is 4.19. The number of halogens is 2. The highest BCUT2D eigenvalue weighted by molar-refractivity contribution is 6.32. The first-order valence-corrected chi connectivity index (χ1v) is 13.4. The Bertz CT molecular complexity index is 1530. The molecule has 4 aromatic carbocycles. The molecule has 1 N–H and O–H groups in total. The summed E-state index contributed by atoms with van der Waals surface area (Å²) in [6.07, 6.45) is 7.50. The van der Waals surface area contributed by atoms with Crippen molar-refractivity contribution < 1.29 is 13.9 Å². The van der Waals surface area contributed by atoms with Crippen molar-refractivity contribution in [3.05, 3.63) is 130 Å². The minimum absolute atomic E-state index is 0.245. The predicted octanol–water partition coefficient (Wildman–Crippen LogP) is 8.64. The van der Waals surface area contributed by atoms with Gasteiger partial charge in [-0.05, 0) is 77.1 Å². The quantitative estimate of drug-likeness (QED) is 0.189. The second-order valence-corrected chi connectivity index (χ2v) is 10.3. The molecule has 6 rings (SSSR count). The summed E-state index contributed by atoms with van der Waals surface area (Å²) in [5.74, 6) is 1.61. The highest BCUT2D eigenvalue weighted by Crippen LogP contribution is 2.49. The Kier molecular flexibility index (Phi) is 7.08. The maximum absolute atomic E-state index is 13.2. The van der Waals surface area contributed by atoms with Gasteiger partial charge in [0.1, 0.15) is 12.4 Å². The number of aliphatic imine (C=N–C) groups is 1. The van der Waals surface area contributed by atoms with Gasteiger partial charge in [0.25, 0.3) is 0 Å². The van der Waals surface area contributed by atoms with Crippen LogP contribution in [0, 0.1) is 11.7 Å². The number of hydrogen-bond acceptors (Lipinski definition) is 4. The number of allylic oxidation sites excluding steroid dienone is 2. The molecular weight excluding hydrogens is 511 g/mol. The van der Waals surface area contributed by atoms with Crippen molar-refractivity contribution in [3.8, 4) is 11.5 Å². The second kappa shape index (κ2) is 11.0. The number of methoxy groups -OCH3 is 1. The summed E-state index contributed by atoms with van der Waals surface area (Å²) in [7, 11) is 1.57. The molecule has 4 aromatic rings. The van der Waals surface area contributed by atoms with Gasteiger partial charge >= 0.3 is 0 Å². The Hall–Kier alpha value is -4.09. The highest BCUT2D eigenvalue weighted by atomic mass is 35.5. The van der Waals surface area contributed by atoms with Crippen LogP contribution in [0.2, 0.25) is 5.02 Å². The third kappa shape index (κ3) is 5.27. The van der Waals surface area contributed by atoms with Crippen LogP contribution >= 0.6 is 11.6 Å². The maximum Gasteiger partial charge on any atom is 0.180 e. The van der Waals surface area contributed by atoms with Crippen LogP contribution in [-0.4, -0.2) is 13.3 Å². The summed E-state index contributed by atoms with van der Waals surface area (Å²) >= 11 is 6.53. The van der Waals surface area contributed by atoms with E-state index in [-0.39, 0.29) is 18.5 Å². The lowest BCUT2D eigenvalue weighted by molar-refractivity contribution is 0.284. The summed E-state index contributed by atoms with van der Waals surface area (Å²) in [6.45, 7) is 0.245. The molecular formula is C33H28ClFN2O2. The normalized spacial score (nSPS) is 19.4. The van der Waals surface area contributed by atoms with E-state index in [1.165, 1.54) is 28.9 Å². The largest absolute Gasteiger partial charge is 0.493 e. The number of nitrogens with zero attached hydrogens (tertiary/aromatic N) is 1. The molecule has 0 spiro atoms. The molecule has 0 bridgehead atoms. The molecule has 0 amide bonds. The van der Waals surface area contributed by atoms with Crippen LogP contribution < -0.4 is 14.8 Å². The van der Waals surface area contributed by atoms with Crippen LogP contribution in [0.3, 0.4) is 0 Å². The van der Waals surface area contributed by atoms with E-state index < -0.39 is 0 Å². The van der Waals surface area contributed by atoms with Crippen LogP contribution in [-0.2, 0) is 6.61 Å². The van der Waals surface area contributed by atoms with Crippen LogP contribution in [0.4, 0.5) is 15.8 Å². The van der Waals surface area contributed by atoms with E-state index in [1.54, 1.807) is 31.5 Å². The molecule has 0 saturated heterocycles. The first kappa shape index (κ1) is 25.2. The van der Waals surface area contributed by atoms with Gasteiger partial charge in [0.15, 0.2) is 11.5 Å². The smallest absolute Gasteiger partial charge is 0.180 e. The molecule has 0 saturated carbocycles. The van der Waals surface area contributed by atoms with Gasteiger partial charge in [0.2, 0.25) is 0 Å². The SMILES string of the molecule is COc1cc(C=Nc2ccc([C@@H]3Nc4ccccc4[C@@H]4C=CC[C@H]43)cc2)cc(Cl)c1OCc1ccc(F)cc1. The zero-order valence-corrected chi connectivity index (χ0v) is 22.2. The first-order chi connectivity index (χ1) is 19.1. The van der Waals surface area contributed by atoms with Gasteiger partial charge in [-0.1, -0.05) is 66.2 Å². The van der Waals surface area contributed by atoms with Gasteiger partial charge in [0, 0.05) is 17.8 Å². The molecule has 0 fully saturated rings. The van der Waals surface area contributed by atoms with E-state index >= 15 is 0 Å². The molecule has 0 unspecified atom stereocenters. The maximum atomic E-state index is 13.2. The van der Waals surface area contributed by atoms with Crippen LogP contribution in [0.5, 0.6) is 11.5 Å². The average molecular weight is 539 g/mol. The van der Waals surface area contributed by atoms with Crippen molar-refractivity contribution >= 4 is 29.2 Å². The third-order valence-electron chi connectivity index (χ3n) is 7.44. The fourth-order valence-corrected chi connectivity index (χ4v) is 5.75. The number of hydrogen-bond donors (Lipinski definition) is 1. The van der Waals surface area contributed by atoms with Gasteiger partial charge < -0.3 is 14.8 Å². The Balaban J connectivity index is 1.16. The second-order valence-electron chi connectivity index (χ2n) is 9.86. The predicted molar refractivity (Wildman–Crippen MR) is 155 cm³/mol. The molecule has 3 atom stereocenters. The number of rotatable bonds is 7. The number of benzene rings is 4. The van der Waals surface area contributed by atoms with Crippen molar-refractivity contribution in [1.82, 2.24) is 0 Å². The highest BCUT2D eigenvalue weighted by Gasteiger charge is 2.37. The molecule has 4 nitrogen and oxygen atoms in total. The zero-order valence-electron chi connectivity index (χ0n) is 21.5. The van der Waals surface area contributed by atoms with E-state index in [0.717, 1.165) is 23.2 Å². The molecule has 1 heterocycles. The number of nitrogens with one attached hydrogen (secondary N) is 1. The Morgan fingerprint density at radius 3 is 2.62 bits per heavy atom. The molecule has 1 aliphatic heterocycles. The molecule has 39 heavy (non-hydrogen) atoms. The van der Waals surface area contributed by atoms with Gasteiger partial charge in [0.05, 0.1) is 23.9 Å². The summed E-state index contributed by atoms with van der Waals surface area (Å²) in [5.41, 5.74) is 6.33. The molecule has 6 heteroatoms. The number of fused-ring (bicyclic) bond motifs is 3. The standard InChI is InChI=1S/C33H28ClFN2O2/c1-38-31-18-22(17-29(34)33(31)39-20-21-9-13-24(35)14-10-21)19-36-25-15-11-23(12-16-25)32-28-7-4-6-26(28)27-5-2-3-8-30(27)37-32/h2-6,8-19,26,28,32,37H,7,20H2,1H3/t26-,28+,32-/m0/s1. The van der Waals surface area contributed by atoms with Crippen molar-refractivity contribution in [2.24, 2.45) is 10.9 Å². The van der Waals surface area contributed by atoms with E-state index in [2.05, 4.69) is 58.9 Å². The van der Waals surface area contributed by atoms with Gasteiger partial charge in [-0.15, -0.1) is 0 Å². The van der Waals surface area contributed by atoms with E-state index in [4.69, 9.17) is 21.1 Å². The number of anilines is 1. The van der Waals surface area contributed by atoms with E-state index in [1.807, 2.05) is 18.2 Å². The lowest BCUT2D eigenvalue weighted by Crippen LogP contribution is -2.28. The minimum atomic E-state index is -0.288. The Morgan fingerprint density at radius 2 is 1.82 bits per heavy atom. The van der Waals surface area contributed by atoms with Crippen LogP contribution in [0.15, 0.2) is 102 Å². The van der Waals surface area contributed by atoms with Gasteiger partial charge in [-0.3, -0.25) is 4.99 Å². The molecule has 2 aliphatic rings. The van der Waals surface area contributed by atoms with Crippen molar-refractivity contribution in [2.75, 3.05) is 12.4 Å². The first-order valence-electron chi connectivity index (χ1n) is 13.0. The summed E-state index contributed by atoms with van der Waals surface area (Å²) in [4.78, 5) is 4.66.